The molecule has 3 N–H and O–H groups in total. The molecule has 3 rings (SSSR count). The van der Waals surface area contributed by atoms with Crippen LogP contribution in [0.3, 0.4) is 0 Å². The Morgan fingerprint density at radius 2 is 2.19 bits per heavy atom. The first kappa shape index (κ1) is 18.9. The lowest BCUT2D eigenvalue weighted by atomic mass is 9.95. The second-order valence-corrected chi connectivity index (χ2v) is 6.91. The highest BCUT2D eigenvalue weighted by atomic mass is 16.1. The van der Waals surface area contributed by atoms with E-state index in [4.69, 9.17) is 10.7 Å². The number of aromatic nitrogens is 2. The molecule has 1 fully saturated rings. The molecule has 0 saturated carbocycles. The van der Waals surface area contributed by atoms with Crippen molar-refractivity contribution >= 4 is 11.9 Å². The van der Waals surface area contributed by atoms with E-state index in [9.17, 15) is 4.79 Å². The van der Waals surface area contributed by atoms with Gasteiger partial charge in [0.1, 0.15) is 0 Å². The van der Waals surface area contributed by atoms with Crippen LogP contribution in [-0.4, -0.2) is 46.2 Å². The molecule has 7 heteroatoms. The van der Waals surface area contributed by atoms with E-state index in [2.05, 4.69) is 46.5 Å². The van der Waals surface area contributed by atoms with Crippen LogP contribution in [0.5, 0.6) is 0 Å². The molecule has 0 radical (unpaired) electrons. The van der Waals surface area contributed by atoms with Crippen molar-refractivity contribution in [2.24, 2.45) is 16.6 Å². The third-order valence-corrected chi connectivity index (χ3v) is 4.76. The maximum atomic E-state index is 11.2. The molecule has 2 heterocycles. The highest BCUT2D eigenvalue weighted by Gasteiger charge is 2.23. The Bertz CT molecular complexity index is 753. The maximum absolute atomic E-state index is 11.2. The van der Waals surface area contributed by atoms with Gasteiger partial charge in [-0.2, -0.15) is 5.10 Å². The van der Waals surface area contributed by atoms with Gasteiger partial charge in [0.25, 0.3) is 0 Å². The zero-order chi connectivity index (χ0) is 19.1. The first-order chi connectivity index (χ1) is 13.2. The van der Waals surface area contributed by atoms with Crippen LogP contribution in [0.25, 0.3) is 5.69 Å². The van der Waals surface area contributed by atoms with Crippen molar-refractivity contribution in [3.8, 4) is 5.69 Å². The fraction of sp³-hybridized carbons (Fsp3) is 0.450. The normalized spacial score (nSPS) is 17.7. The van der Waals surface area contributed by atoms with Crippen LogP contribution in [0, 0.1) is 5.92 Å². The topological polar surface area (TPSA) is 88.5 Å². The van der Waals surface area contributed by atoms with Crippen molar-refractivity contribution in [1.29, 1.82) is 0 Å². The van der Waals surface area contributed by atoms with E-state index < -0.39 is 0 Å². The summed E-state index contributed by atoms with van der Waals surface area (Å²) in [6.45, 7) is 5.28. The lowest BCUT2D eigenvalue weighted by Crippen LogP contribution is -2.47. The van der Waals surface area contributed by atoms with E-state index in [1.807, 2.05) is 16.9 Å². The molecular formula is C20H28N6O. The van der Waals surface area contributed by atoms with Crippen molar-refractivity contribution < 1.29 is 4.79 Å². The maximum Gasteiger partial charge on any atom is 0.217 e. The highest BCUT2D eigenvalue weighted by molar-refractivity contribution is 5.80. The minimum absolute atomic E-state index is 0.221. The predicted octanol–water partition coefficient (Wildman–Crippen LogP) is 1.93. The second kappa shape index (κ2) is 9.21. The number of amides is 1. The number of likely N-dealkylation sites (tertiary alicyclic amines) is 1. The number of hydrogen-bond donors (Lipinski definition) is 2. The molecule has 0 spiro atoms. The van der Waals surface area contributed by atoms with Crippen LogP contribution in [0.1, 0.15) is 31.7 Å². The van der Waals surface area contributed by atoms with Crippen LogP contribution in [0.2, 0.25) is 0 Å². The van der Waals surface area contributed by atoms with Crippen molar-refractivity contribution in [3.05, 3.63) is 48.3 Å². The molecule has 144 valence electrons. The average Bonchev–Trinajstić information content (AvgIpc) is 3.20. The summed E-state index contributed by atoms with van der Waals surface area (Å²) in [6.07, 6.45) is 6.25. The highest BCUT2D eigenvalue weighted by Crippen LogP contribution is 2.19. The third-order valence-electron chi connectivity index (χ3n) is 4.76. The average molecular weight is 368 g/mol. The molecule has 1 aromatic heterocycles. The summed E-state index contributed by atoms with van der Waals surface area (Å²) in [7, 11) is 0. The standard InChI is InChI=1S/C20H28N6O/c1-2-22-20(25-11-3-5-17(15-25)13-19(21)27)23-14-16-6-8-18(9-7-16)26-12-4-10-24-26/h4,6-10,12,17H,2-3,5,11,13-15H2,1H3,(H2,21,27)(H,22,23). The minimum atomic E-state index is -0.221. The Hall–Kier alpha value is -2.83. The summed E-state index contributed by atoms with van der Waals surface area (Å²) in [5.74, 6) is 0.998. The monoisotopic (exact) mass is 368 g/mol. The molecule has 1 amide bonds. The number of guanidine groups is 1. The quantitative estimate of drug-likeness (QED) is 0.602. The van der Waals surface area contributed by atoms with Crippen molar-refractivity contribution in [1.82, 2.24) is 20.0 Å². The van der Waals surface area contributed by atoms with E-state index in [1.54, 1.807) is 6.20 Å². The smallest absolute Gasteiger partial charge is 0.217 e. The number of nitrogens with two attached hydrogens (primary N) is 1. The van der Waals surface area contributed by atoms with Gasteiger partial charge in [-0.25, -0.2) is 9.67 Å². The number of hydrogen-bond acceptors (Lipinski definition) is 3. The summed E-state index contributed by atoms with van der Waals surface area (Å²) in [6, 6.07) is 10.2. The van der Waals surface area contributed by atoms with Gasteiger partial charge in [0.2, 0.25) is 5.91 Å². The van der Waals surface area contributed by atoms with Crippen LogP contribution in [0.4, 0.5) is 0 Å². The number of carbonyl (C=O) groups excluding carboxylic acids is 1. The Kier molecular flexibility index (Phi) is 6.46. The Balaban J connectivity index is 1.65. The summed E-state index contributed by atoms with van der Waals surface area (Å²) in [4.78, 5) is 18.3. The molecule has 1 aromatic carbocycles. The number of aliphatic imine (C=N–C) groups is 1. The van der Waals surface area contributed by atoms with Gasteiger partial charge >= 0.3 is 0 Å². The largest absolute Gasteiger partial charge is 0.370 e. The SMILES string of the molecule is CCNC(=NCc1ccc(-n2cccn2)cc1)N1CCCC(CC(N)=O)C1. The number of nitrogens with one attached hydrogen (secondary N) is 1. The molecular weight excluding hydrogens is 340 g/mol. The van der Waals surface area contributed by atoms with Crippen LogP contribution >= 0.6 is 0 Å². The zero-order valence-electron chi connectivity index (χ0n) is 15.8. The molecule has 1 aliphatic rings. The second-order valence-electron chi connectivity index (χ2n) is 6.91. The molecule has 1 saturated heterocycles. The number of piperidine rings is 1. The fourth-order valence-electron chi connectivity index (χ4n) is 3.48. The number of rotatable bonds is 6. The van der Waals surface area contributed by atoms with Crippen molar-refractivity contribution in [2.75, 3.05) is 19.6 Å². The van der Waals surface area contributed by atoms with Gasteiger partial charge < -0.3 is 16.0 Å². The molecule has 27 heavy (non-hydrogen) atoms. The third kappa shape index (κ3) is 5.32. The zero-order valence-corrected chi connectivity index (χ0v) is 15.8. The Morgan fingerprint density at radius 3 is 2.85 bits per heavy atom. The van der Waals surface area contributed by atoms with Gasteiger partial charge in [0.15, 0.2) is 5.96 Å². The molecule has 1 unspecified atom stereocenters. The van der Waals surface area contributed by atoms with Gasteiger partial charge in [-0.1, -0.05) is 12.1 Å². The van der Waals surface area contributed by atoms with E-state index in [-0.39, 0.29) is 5.91 Å². The van der Waals surface area contributed by atoms with E-state index >= 15 is 0 Å². The first-order valence-electron chi connectivity index (χ1n) is 9.56. The predicted molar refractivity (Wildman–Crippen MR) is 106 cm³/mol. The Morgan fingerprint density at radius 1 is 1.37 bits per heavy atom. The van der Waals surface area contributed by atoms with Crippen LogP contribution in [-0.2, 0) is 11.3 Å². The number of primary amides is 1. The van der Waals surface area contributed by atoms with Gasteiger partial charge in [0, 0.05) is 38.4 Å². The van der Waals surface area contributed by atoms with E-state index in [0.717, 1.165) is 49.7 Å². The van der Waals surface area contributed by atoms with Gasteiger partial charge in [-0.05, 0) is 49.4 Å². The van der Waals surface area contributed by atoms with Crippen LogP contribution < -0.4 is 11.1 Å². The molecule has 1 atom stereocenters. The van der Waals surface area contributed by atoms with Crippen molar-refractivity contribution in [3.63, 3.8) is 0 Å². The fourth-order valence-corrected chi connectivity index (χ4v) is 3.48. The van der Waals surface area contributed by atoms with Crippen molar-refractivity contribution in [2.45, 2.75) is 32.7 Å². The number of benzene rings is 1. The number of nitrogens with zero attached hydrogens (tertiary/aromatic N) is 4. The first-order valence-corrected chi connectivity index (χ1v) is 9.56. The molecule has 2 aromatic rings. The van der Waals surface area contributed by atoms with Gasteiger partial charge in [-0.15, -0.1) is 0 Å². The minimum Gasteiger partial charge on any atom is -0.370 e. The van der Waals surface area contributed by atoms with Gasteiger partial charge in [0.05, 0.1) is 12.2 Å². The summed E-state index contributed by atoms with van der Waals surface area (Å²) < 4.78 is 1.84. The molecule has 0 bridgehead atoms. The van der Waals surface area contributed by atoms with E-state index in [0.29, 0.717) is 18.9 Å². The summed E-state index contributed by atoms with van der Waals surface area (Å²) >= 11 is 0. The lowest BCUT2D eigenvalue weighted by Gasteiger charge is -2.34. The van der Waals surface area contributed by atoms with Gasteiger partial charge in [-0.3, -0.25) is 4.79 Å². The molecule has 0 aliphatic carbocycles. The Labute approximate surface area is 160 Å². The summed E-state index contributed by atoms with van der Waals surface area (Å²) in [5.41, 5.74) is 7.55. The van der Waals surface area contributed by atoms with E-state index in [1.165, 1.54) is 0 Å². The lowest BCUT2D eigenvalue weighted by molar-refractivity contribution is -0.119. The molecule has 7 nitrogen and oxygen atoms in total. The molecule has 1 aliphatic heterocycles. The summed E-state index contributed by atoms with van der Waals surface area (Å²) in [5, 5.41) is 7.62. The van der Waals surface area contributed by atoms with Crippen LogP contribution in [0.15, 0.2) is 47.7 Å². The number of carbonyl (C=O) groups is 1.